The molecular weight excluding hydrogens is 337 g/mol. The molecule has 0 amide bonds. The predicted octanol–water partition coefficient (Wildman–Crippen LogP) is 5.43. The molecule has 0 bridgehead atoms. The van der Waals surface area contributed by atoms with E-state index in [1.807, 2.05) is 12.1 Å². The van der Waals surface area contributed by atoms with Gasteiger partial charge in [-0.05, 0) is 47.5 Å². The highest BCUT2D eigenvalue weighted by atomic mass is 32.2. The maximum Gasteiger partial charge on any atom is 0.443 e. The fraction of sp³-hybridized carbons (Fsp3) is 0.278. The van der Waals surface area contributed by atoms with Gasteiger partial charge in [0.1, 0.15) is 4.75 Å². The first-order chi connectivity index (χ1) is 11.3. The zero-order valence-corrected chi connectivity index (χ0v) is 13.9. The number of carbonyl (C=O) groups is 1. The van der Waals surface area contributed by atoms with Crippen LogP contribution in [0.4, 0.5) is 13.2 Å². The second kappa shape index (κ2) is 7.30. The summed E-state index contributed by atoms with van der Waals surface area (Å²) in [6.45, 7) is 5.09. The maximum atomic E-state index is 13.2. The van der Waals surface area contributed by atoms with Crippen LogP contribution in [0.3, 0.4) is 0 Å². The summed E-state index contributed by atoms with van der Waals surface area (Å²) in [6, 6.07) is 12.1. The summed E-state index contributed by atoms with van der Waals surface area (Å²) in [5.41, 5.74) is -4.34. The first-order valence-electron chi connectivity index (χ1n) is 7.36. The van der Waals surface area contributed by atoms with Gasteiger partial charge in [-0.3, -0.25) is 4.79 Å². The number of esters is 1. The van der Waals surface area contributed by atoms with Crippen molar-refractivity contribution >= 4 is 28.5 Å². The predicted molar refractivity (Wildman–Crippen MR) is 90.7 cm³/mol. The van der Waals surface area contributed by atoms with Gasteiger partial charge >= 0.3 is 11.5 Å². The molecule has 24 heavy (non-hydrogen) atoms. The van der Waals surface area contributed by atoms with Crippen LogP contribution in [0.2, 0.25) is 0 Å². The number of hydrogen-bond donors (Lipinski definition) is 0. The molecule has 0 N–H and O–H groups in total. The minimum atomic E-state index is -4.60. The molecule has 0 saturated carbocycles. The van der Waals surface area contributed by atoms with Crippen molar-refractivity contribution in [3.8, 4) is 0 Å². The van der Waals surface area contributed by atoms with Gasteiger partial charge in [0.2, 0.25) is 0 Å². The number of thioether (sulfide) groups is 1. The Hall–Kier alpha value is -1.95. The van der Waals surface area contributed by atoms with E-state index in [2.05, 4.69) is 6.58 Å². The van der Waals surface area contributed by atoms with Crippen LogP contribution in [0.5, 0.6) is 0 Å². The lowest BCUT2D eigenvalue weighted by molar-refractivity contribution is -0.146. The Balaban J connectivity index is 2.64. The summed E-state index contributed by atoms with van der Waals surface area (Å²) in [6.07, 6.45) is 1.12. The fourth-order valence-electron chi connectivity index (χ4n) is 2.55. The van der Waals surface area contributed by atoms with E-state index < -0.39 is 16.2 Å². The zero-order valence-electron chi connectivity index (χ0n) is 13.1. The second-order valence-corrected chi connectivity index (χ2v) is 6.51. The van der Waals surface area contributed by atoms with E-state index in [4.69, 9.17) is 4.74 Å². The first kappa shape index (κ1) is 18.4. The van der Waals surface area contributed by atoms with Crippen LogP contribution in [0, 0.1) is 0 Å². The van der Waals surface area contributed by atoms with Gasteiger partial charge in [-0.15, -0.1) is 6.58 Å². The number of benzene rings is 2. The molecule has 2 aromatic rings. The third-order valence-corrected chi connectivity index (χ3v) is 4.69. The Morgan fingerprint density at radius 2 is 1.88 bits per heavy atom. The van der Waals surface area contributed by atoms with E-state index in [-0.39, 0.29) is 30.4 Å². The lowest BCUT2D eigenvalue weighted by Crippen LogP contribution is -2.36. The third kappa shape index (κ3) is 3.93. The number of ether oxygens (including phenoxy) is 1. The maximum absolute atomic E-state index is 13.2. The van der Waals surface area contributed by atoms with Crippen LogP contribution in [0.25, 0.3) is 10.8 Å². The van der Waals surface area contributed by atoms with Gasteiger partial charge in [0.25, 0.3) is 0 Å². The smallest absolute Gasteiger partial charge is 0.443 e. The van der Waals surface area contributed by atoms with Gasteiger partial charge in [-0.1, -0.05) is 42.5 Å². The Morgan fingerprint density at radius 3 is 2.46 bits per heavy atom. The molecule has 0 heterocycles. The molecule has 1 atom stereocenters. The van der Waals surface area contributed by atoms with Crippen molar-refractivity contribution in [1.82, 2.24) is 0 Å². The van der Waals surface area contributed by atoms with Gasteiger partial charge in [0, 0.05) is 0 Å². The van der Waals surface area contributed by atoms with Crippen LogP contribution >= 0.6 is 11.8 Å². The Labute approximate surface area is 142 Å². The molecule has 2 nitrogen and oxygen atoms in total. The highest BCUT2D eigenvalue weighted by molar-refractivity contribution is 8.01. The van der Waals surface area contributed by atoms with Crippen molar-refractivity contribution in [3.63, 3.8) is 0 Å². The Bertz CT molecular complexity index is 742. The van der Waals surface area contributed by atoms with Crippen LogP contribution < -0.4 is 0 Å². The van der Waals surface area contributed by atoms with E-state index in [1.165, 1.54) is 6.08 Å². The van der Waals surface area contributed by atoms with E-state index in [0.29, 0.717) is 0 Å². The fourth-order valence-corrected chi connectivity index (χ4v) is 3.53. The summed E-state index contributed by atoms with van der Waals surface area (Å²) in [5, 5.41) is 1.64. The van der Waals surface area contributed by atoms with Gasteiger partial charge < -0.3 is 4.74 Å². The first-order valence-corrected chi connectivity index (χ1v) is 8.18. The molecular formula is C18H17F3O2S. The molecule has 2 rings (SSSR count). The molecule has 0 aliphatic heterocycles. The number of fused-ring (bicyclic) bond motifs is 1. The van der Waals surface area contributed by atoms with Gasteiger partial charge in [0.15, 0.2) is 0 Å². The van der Waals surface area contributed by atoms with Gasteiger partial charge in [0.05, 0.1) is 6.61 Å². The van der Waals surface area contributed by atoms with Crippen LogP contribution in [0.15, 0.2) is 55.1 Å². The number of halogens is 3. The monoisotopic (exact) mass is 354 g/mol. The zero-order chi connectivity index (χ0) is 17.8. The van der Waals surface area contributed by atoms with E-state index >= 15 is 0 Å². The summed E-state index contributed by atoms with van der Waals surface area (Å²) in [4.78, 5) is 12.5. The van der Waals surface area contributed by atoms with Crippen molar-refractivity contribution < 1.29 is 22.7 Å². The number of allylic oxidation sites excluding steroid dienone is 1. The van der Waals surface area contributed by atoms with Crippen molar-refractivity contribution in [3.05, 3.63) is 60.7 Å². The molecule has 0 aliphatic rings. The van der Waals surface area contributed by atoms with Crippen molar-refractivity contribution in [2.24, 2.45) is 0 Å². The molecule has 2 aromatic carbocycles. The molecule has 128 valence electrons. The van der Waals surface area contributed by atoms with Crippen molar-refractivity contribution in [2.75, 3.05) is 6.61 Å². The largest absolute Gasteiger partial charge is 0.465 e. The van der Waals surface area contributed by atoms with Crippen molar-refractivity contribution in [1.29, 1.82) is 0 Å². The van der Waals surface area contributed by atoms with E-state index in [0.717, 1.165) is 10.8 Å². The SMILES string of the molecule is C=CCC(SC(F)(F)F)(C(=O)OCC)c1ccc2ccccc2c1. The molecule has 0 aliphatic carbocycles. The van der Waals surface area contributed by atoms with Gasteiger partial charge in [-0.2, -0.15) is 13.2 Å². The number of hydrogen-bond acceptors (Lipinski definition) is 3. The Kier molecular flexibility index (Phi) is 5.59. The summed E-state index contributed by atoms with van der Waals surface area (Å²) in [7, 11) is 0. The van der Waals surface area contributed by atoms with E-state index in [1.54, 1.807) is 37.3 Å². The average molecular weight is 354 g/mol. The number of alkyl halides is 3. The standard InChI is InChI=1S/C18H17F3O2S/c1-3-11-17(16(22)23-4-2,24-18(19,20)21)15-10-9-13-7-5-6-8-14(13)12-15/h3,5-10,12H,1,4,11H2,2H3. The molecule has 0 aromatic heterocycles. The lowest BCUT2D eigenvalue weighted by atomic mass is 9.92. The van der Waals surface area contributed by atoms with Crippen LogP contribution in [0.1, 0.15) is 18.9 Å². The van der Waals surface area contributed by atoms with Crippen LogP contribution in [-0.2, 0) is 14.3 Å². The van der Waals surface area contributed by atoms with E-state index in [9.17, 15) is 18.0 Å². The normalized spacial score (nSPS) is 14.2. The second-order valence-electron chi connectivity index (χ2n) is 5.15. The quantitative estimate of drug-likeness (QED) is 0.511. The molecule has 0 fully saturated rings. The number of rotatable bonds is 6. The van der Waals surface area contributed by atoms with Crippen LogP contribution in [-0.4, -0.2) is 18.1 Å². The average Bonchev–Trinajstić information content (AvgIpc) is 2.53. The molecule has 1 unspecified atom stereocenters. The van der Waals surface area contributed by atoms with Gasteiger partial charge in [-0.25, -0.2) is 0 Å². The number of carbonyl (C=O) groups excluding carboxylic acids is 1. The lowest BCUT2D eigenvalue weighted by Gasteiger charge is -2.31. The molecule has 0 spiro atoms. The third-order valence-electron chi connectivity index (χ3n) is 3.54. The summed E-state index contributed by atoms with van der Waals surface area (Å²) < 4.78 is 42.6. The molecule has 0 radical (unpaired) electrons. The minimum absolute atomic E-state index is 0.00370. The highest BCUT2D eigenvalue weighted by Crippen LogP contribution is 2.50. The topological polar surface area (TPSA) is 26.3 Å². The Morgan fingerprint density at radius 1 is 1.21 bits per heavy atom. The highest BCUT2D eigenvalue weighted by Gasteiger charge is 2.50. The summed E-state index contributed by atoms with van der Waals surface area (Å²) >= 11 is -0.362. The van der Waals surface area contributed by atoms with Crippen molar-refractivity contribution in [2.45, 2.75) is 23.6 Å². The molecule has 0 saturated heterocycles. The summed E-state index contributed by atoms with van der Waals surface area (Å²) in [5.74, 6) is -0.914. The molecule has 6 heteroatoms. The minimum Gasteiger partial charge on any atom is -0.465 e.